The van der Waals surface area contributed by atoms with Gasteiger partial charge in [-0.05, 0) is 31.9 Å². The number of morpholine rings is 1. The SMILES string of the molecule is Cc1nnc(CN=C(NCCCN2CCOCC2)N2CCC(c3cnn(C)c3)C2)n1C.I. The molecule has 2 aliphatic heterocycles. The molecule has 11 heteroatoms. The van der Waals surface area contributed by atoms with Gasteiger partial charge in [0.1, 0.15) is 12.4 Å². The number of aromatic nitrogens is 5. The smallest absolute Gasteiger partial charge is 0.194 e. The van der Waals surface area contributed by atoms with E-state index in [0.29, 0.717) is 12.5 Å². The maximum atomic E-state index is 5.44. The van der Waals surface area contributed by atoms with Crippen LogP contribution in [0.4, 0.5) is 0 Å². The highest BCUT2D eigenvalue weighted by atomic mass is 127. The van der Waals surface area contributed by atoms with Crippen molar-refractivity contribution < 1.29 is 4.74 Å². The Morgan fingerprint density at radius 1 is 1.22 bits per heavy atom. The molecule has 1 unspecified atom stereocenters. The zero-order chi connectivity index (χ0) is 21.6. The van der Waals surface area contributed by atoms with Crippen LogP contribution in [-0.2, 0) is 25.4 Å². The predicted octanol–water partition coefficient (Wildman–Crippen LogP) is 1.13. The van der Waals surface area contributed by atoms with E-state index >= 15 is 0 Å². The van der Waals surface area contributed by atoms with Gasteiger partial charge < -0.3 is 19.5 Å². The van der Waals surface area contributed by atoms with Crippen LogP contribution in [0.3, 0.4) is 0 Å². The van der Waals surface area contributed by atoms with Gasteiger partial charge in [-0.3, -0.25) is 9.58 Å². The third-order valence-corrected chi connectivity index (χ3v) is 6.27. The topological polar surface area (TPSA) is 88.6 Å². The normalized spacial score (nSPS) is 19.9. The van der Waals surface area contributed by atoms with Crippen LogP contribution in [0.2, 0.25) is 0 Å². The summed E-state index contributed by atoms with van der Waals surface area (Å²) in [4.78, 5) is 9.76. The van der Waals surface area contributed by atoms with Crippen molar-refractivity contribution in [1.29, 1.82) is 0 Å². The zero-order valence-electron chi connectivity index (χ0n) is 19.4. The van der Waals surface area contributed by atoms with Gasteiger partial charge in [0.15, 0.2) is 11.8 Å². The summed E-state index contributed by atoms with van der Waals surface area (Å²) < 4.78 is 9.33. The number of nitrogens with zero attached hydrogens (tertiary/aromatic N) is 8. The number of aryl methyl sites for hydroxylation is 2. The lowest BCUT2D eigenvalue weighted by Crippen LogP contribution is -2.42. The number of rotatable bonds is 7. The minimum atomic E-state index is 0. The average molecular weight is 557 g/mol. The van der Waals surface area contributed by atoms with Crippen LogP contribution in [0.25, 0.3) is 0 Å². The fourth-order valence-corrected chi connectivity index (χ4v) is 4.21. The van der Waals surface area contributed by atoms with E-state index in [1.807, 2.05) is 36.5 Å². The van der Waals surface area contributed by atoms with Crippen molar-refractivity contribution in [1.82, 2.24) is 39.7 Å². The summed E-state index contributed by atoms with van der Waals surface area (Å²) in [6, 6.07) is 0. The molecule has 0 radical (unpaired) electrons. The molecule has 2 aromatic heterocycles. The molecule has 4 heterocycles. The Labute approximate surface area is 207 Å². The molecule has 2 saturated heterocycles. The van der Waals surface area contributed by atoms with Crippen molar-refractivity contribution in [2.45, 2.75) is 32.2 Å². The molecule has 10 nitrogen and oxygen atoms in total. The number of likely N-dealkylation sites (tertiary alicyclic amines) is 1. The highest BCUT2D eigenvalue weighted by molar-refractivity contribution is 14.0. The summed E-state index contributed by atoms with van der Waals surface area (Å²) in [6.45, 7) is 10.2. The Kier molecular flexibility index (Phi) is 9.29. The molecule has 0 amide bonds. The van der Waals surface area contributed by atoms with E-state index in [1.165, 1.54) is 5.56 Å². The Morgan fingerprint density at radius 3 is 2.72 bits per heavy atom. The fourth-order valence-electron chi connectivity index (χ4n) is 4.21. The van der Waals surface area contributed by atoms with E-state index in [-0.39, 0.29) is 24.0 Å². The number of hydrogen-bond acceptors (Lipinski definition) is 6. The molecule has 2 aliphatic rings. The summed E-state index contributed by atoms with van der Waals surface area (Å²) in [5.41, 5.74) is 1.31. The summed E-state index contributed by atoms with van der Waals surface area (Å²) in [5.74, 6) is 3.25. The molecule has 4 rings (SSSR count). The largest absolute Gasteiger partial charge is 0.379 e. The van der Waals surface area contributed by atoms with Crippen LogP contribution < -0.4 is 5.32 Å². The molecule has 0 spiro atoms. The number of ether oxygens (including phenoxy) is 1. The van der Waals surface area contributed by atoms with Crippen molar-refractivity contribution in [3.63, 3.8) is 0 Å². The van der Waals surface area contributed by atoms with E-state index in [4.69, 9.17) is 9.73 Å². The second kappa shape index (κ2) is 11.9. The van der Waals surface area contributed by atoms with Crippen LogP contribution >= 0.6 is 24.0 Å². The fraction of sp³-hybridized carbons (Fsp3) is 0.714. The summed E-state index contributed by atoms with van der Waals surface area (Å²) in [6.07, 6.45) is 6.32. The van der Waals surface area contributed by atoms with Crippen LogP contribution in [0.1, 0.15) is 36.0 Å². The zero-order valence-corrected chi connectivity index (χ0v) is 21.7. The van der Waals surface area contributed by atoms with Gasteiger partial charge in [-0.25, -0.2) is 4.99 Å². The molecule has 2 fully saturated rings. The van der Waals surface area contributed by atoms with Crippen molar-refractivity contribution in [2.24, 2.45) is 19.1 Å². The Balaban J connectivity index is 0.00000289. The first-order valence-corrected chi connectivity index (χ1v) is 11.3. The lowest BCUT2D eigenvalue weighted by Gasteiger charge is -2.27. The van der Waals surface area contributed by atoms with Gasteiger partial charge in [0.25, 0.3) is 0 Å². The Hall–Kier alpha value is -1.73. The number of aliphatic imine (C=N–C) groups is 1. The van der Waals surface area contributed by atoms with Gasteiger partial charge in [0.05, 0.1) is 19.4 Å². The van der Waals surface area contributed by atoms with Gasteiger partial charge in [-0.15, -0.1) is 34.2 Å². The highest BCUT2D eigenvalue weighted by Crippen LogP contribution is 2.26. The number of hydrogen-bond donors (Lipinski definition) is 1. The molecule has 0 bridgehead atoms. The van der Waals surface area contributed by atoms with Crippen LogP contribution in [0.15, 0.2) is 17.4 Å². The molecule has 0 aliphatic carbocycles. The average Bonchev–Trinajstić information content (AvgIpc) is 3.50. The quantitative estimate of drug-likeness (QED) is 0.237. The lowest BCUT2D eigenvalue weighted by atomic mass is 10.0. The van der Waals surface area contributed by atoms with Gasteiger partial charge in [-0.1, -0.05) is 0 Å². The van der Waals surface area contributed by atoms with Gasteiger partial charge in [0.2, 0.25) is 0 Å². The van der Waals surface area contributed by atoms with E-state index in [0.717, 1.165) is 82.9 Å². The Morgan fingerprint density at radius 2 is 2.03 bits per heavy atom. The van der Waals surface area contributed by atoms with Crippen molar-refractivity contribution in [2.75, 3.05) is 52.5 Å². The number of halogens is 1. The molecule has 178 valence electrons. The summed E-state index contributed by atoms with van der Waals surface area (Å²) in [7, 11) is 3.96. The number of guanidine groups is 1. The second-order valence-corrected chi connectivity index (χ2v) is 8.48. The lowest BCUT2D eigenvalue weighted by molar-refractivity contribution is 0.0375. The Bertz CT molecular complexity index is 875. The molecule has 0 aromatic carbocycles. The standard InChI is InChI=1S/C21H35N9O.HI/c1-17-25-26-20(28(17)3)14-23-21(22-6-4-7-29-9-11-31-12-10-29)30-8-5-18(16-30)19-13-24-27(2)15-19;/h13,15,18H,4-12,14,16H2,1-3H3,(H,22,23);1H. The monoisotopic (exact) mass is 557 g/mol. The first kappa shape index (κ1) is 24.9. The third-order valence-electron chi connectivity index (χ3n) is 6.27. The molecule has 0 saturated carbocycles. The maximum absolute atomic E-state index is 5.44. The summed E-state index contributed by atoms with van der Waals surface area (Å²) >= 11 is 0. The maximum Gasteiger partial charge on any atom is 0.194 e. The predicted molar refractivity (Wildman–Crippen MR) is 134 cm³/mol. The minimum Gasteiger partial charge on any atom is -0.379 e. The molecule has 1 atom stereocenters. The van der Waals surface area contributed by atoms with Crippen LogP contribution in [0, 0.1) is 6.92 Å². The van der Waals surface area contributed by atoms with Gasteiger partial charge in [0, 0.05) is 58.9 Å². The second-order valence-electron chi connectivity index (χ2n) is 8.48. The highest BCUT2D eigenvalue weighted by Gasteiger charge is 2.27. The third kappa shape index (κ3) is 6.41. The van der Waals surface area contributed by atoms with Gasteiger partial charge in [-0.2, -0.15) is 5.10 Å². The first-order chi connectivity index (χ1) is 15.1. The van der Waals surface area contributed by atoms with Crippen molar-refractivity contribution in [3.05, 3.63) is 29.6 Å². The van der Waals surface area contributed by atoms with Gasteiger partial charge >= 0.3 is 0 Å². The van der Waals surface area contributed by atoms with Crippen LogP contribution in [-0.4, -0.2) is 92.8 Å². The molecule has 32 heavy (non-hydrogen) atoms. The molecule has 2 aromatic rings. The molecule has 1 N–H and O–H groups in total. The minimum absolute atomic E-state index is 0. The molecular formula is C21H36IN9O. The summed E-state index contributed by atoms with van der Waals surface area (Å²) in [5, 5.41) is 16.4. The number of nitrogens with one attached hydrogen (secondary N) is 1. The van der Waals surface area contributed by atoms with Crippen LogP contribution in [0.5, 0.6) is 0 Å². The first-order valence-electron chi connectivity index (χ1n) is 11.3. The molecular weight excluding hydrogens is 521 g/mol. The van der Waals surface area contributed by atoms with E-state index in [1.54, 1.807) is 0 Å². The van der Waals surface area contributed by atoms with E-state index < -0.39 is 0 Å². The van der Waals surface area contributed by atoms with E-state index in [2.05, 4.69) is 36.6 Å². The van der Waals surface area contributed by atoms with Crippen molar-refractivity contribution >= 4 is 29.9 Å². The van der Waals surface area contributed by atoms with E-state index in [9.17, 15) is 0 Å². The van der Waals surface area contributed by atoms with Crippen molar-refractivity contribution in [3.8, 4) is 0 Å².